The van der Waals surface area contributed by atoms with Crippen LogP contribution in [-0.4, -0.2) is 13.1 Å². The van der Waals surface area contributed by atoms with Gasteiger partial charge in [-0.15, -0.1) is 11.3 Å². The summed E-state index contributed by atoms with van der Waals surface area (Å²) < 4.78 is 0. The molecule has 0 atom stereocenters. The summed E-state index contributed by atoms with van der Waals surface area (Å²) in [5, 5.41) is 6.12. The monoisotopic (exact) mass is 215 g/mol. The first kappa shape index (κ1) is 10.8. The van der Waals surface area contributed by atoms with Gasteiger partial charge in [-0.05, 0) is 37.0 Å². The second-order valence-electron chi connectivity index (χ2n) is 2.68. The molecule has 0 amide bonds. The maximum absolute atomic E-state index is 5.92. The molecule has 0 aliphatic heterocycles. The van der Waals surface area contributed by atoms with Crippen LogP contribution in [0.2, 0.25) is 5.02 Å². The predicted octanol–water partition coefficient (Wildman–Crippen LogP) is 3.41. The molecular formula is C10H14ClNS. The Kier molecular flexibility index (Phi) is 5.13. The first-order valence-corrected chi connectivity index (χ1v) is 5.70. The molecule has 1 rings (SSSR count). The van der Waals surface area contributed by atoms with Crippen LogP contribution in [0.5, 0.6) is 0 Å². The van der Waals surface area contributed by atoms with E-state index in [1.54, 1.807) is 11.3 Å². The van der Waals surface area contributed by atoms with Gasteiger partial charge in [0.25, 0.3) is 0 Å². The standard InChI is InChI=1S/C10H14ClNS/c1-2-12-7-4-3-5-10-9(11)6-8-13-10/h3,5-6,8,12H,2,4,7H2,1H3/b5-3+. The molecule has 1 aromatic rings. The van der Waals surface area contributed by atoms with Crippen LogP contribution < -0.4 is 5.32 Å². The second-order valence-corrected chi connectivity index (χ2v) is 4.03. The molecule has 1 heterocycles. The number of hydrogen-bond donors (Lipinski definition) is 1. The van der Waals surface area contributed by atoms with E-state index in [4.69, 9.17) is 11.6 Å². The van der Waals surface area contributed by atoms with Gasteiger partial charge >= 0.3 is 0 Å². The third-order valence-corrected chi connectivity index (χ3v) is 2.98. The van der Waals surface area contributed by atoms with Crippen molar-refractivity contribution in [1.82, 2.24) is 5.32 Å². The molecule has 72 valence electrons. The van der Waals surface area contributed by atoms with E-state index in [0.29, 0.717) is 0 Å². The summed E-state index contributed by atoms with van der Waals surface area (Å²) in [5.74, 6) is 0. The average molecular weight is 216 g/mol. The Balaban J connectivity index is 2.28. The molecule has 0 spiro atoms. The number of nitrogens with one attached hydrogen (secondary N) is 1. The second kappa shape index (κ2) is 6.19. The first-order valence-electron chi connectivity index (χ1n) is 4.45. The predicted molar refractivity (Wildman–Crippen MR) is 61.5 cm³/mol. The Morgan fingerprint density at radius 3 is 3.08 bits per heavy atom. The van der Waals surface area contributed by atoms with Crippen molar-refractivity contribution in [2.45, 2.75) is 13.3 Å². The maximum Gasteiger partial charge on any atom is 0.0585 e. The van der Waals surface area contributed by atoms with E-state index in [1.165, 1.54) is 0 Å². The van der Waals surface area contributed by atoms with Crippen molar-refractivity contribution in [2.75, 3.05) is 13.1 Å². The number of hydrogen-bond acceptors (Lipinski definition) is 2. The van der Waals surface area contributed by atoms with Crippen molar-refractivity contribution in [3.05, 3.63) is 27.4 Å². The van der Waals surface area contributed by atoms with Gasteiger partial charge in [0.15, 0.2) is 0 Å². The molecule has 0 bridgehead atoms. The quantitative estimate of drug-likeness (QED) is 0.743. The molecular weight excluding hydrogens is 202 g/mol. The van der Waals surface area contributed by atoms with E-state index in [0.717, 1.165) is 29.4 Å². The van der Waals surface area contributed by atoms with Crippen LogP contribution in [-0.2, 0) is 0 Å². The largest absolute Gasteiger partial charge is 0.317 e. The molecule has 13 heavy (non-hydrogen) atoms. The first-order chi connectivity index (χ1) is 6.34. The average Bonchev–Trinajstić information content (AvgIpc) is 2.52. The van der Waals surface area contributed by atoms with E-state index in [-0.39, 0.29) is 0 Å². The highest BCUT2D eigenvalue weighted by Gasteiger charge is 1.94. The summed E-state index contributed by atoms with van der Waals surface area (Å²) >= 11 is 7.60. The zero-order valence-corrected chi connectivity index (χ0v) is 9.29. The fraction of sp³-hybridized carbons (Fsp3) is 0.400. The van der Waals surface area contributed by atoms with Crippen LogP contribution in [0.4, 0.5) is 0 Å². The minimum absolute atomic E-state index is 0.852. The van der Waals surface area contributed by atoms with Crippen molar-refractivity contribution < 1.29 is 0 Å². The highest BCUT2D eigenvalue weighted by atomic mass is 35.5. The fourth-order valence-electron chi connectivity index (χ4n) is 0.977. The Labute approximate surface area is 88.4 Å². The zero-order valence-electron chi connectivity index (χ0n) is 7.72. The minimum Gasteiger partial charge on any atom is -0.317 e. The van der Waals surface area contributed by atoms with Crippen molar-refractivity contribution >= 4 is 29.0 Å². The molecule has 0 aliphatic rings. The van der Waals surface area contributed by atoms with Crippen LogP contribution in [0.25, 0.3) is 6.08 Å². The number of thiophene rings is 1. The van der Waals surface area contributed by atoms with E-state index in [1.807, 2.05) is 11.4 Å². The molecule has 0 radical (unpaired) electrons. The molecule has 0 saturated heterocycles. The Bertz CT molecular complexity index is 268. The van der Waals surface area contributed by atoms with Crippen LogP contribution in [0.1, 0.15) is 18.2 Å². The lowest BCUT2D eigenvalue weighted by molar-refractivity contribution is 0.727. The van der Waals surface area contributed by atoms with Gasteiger partial charge in [-0.2, -0.15) is 0 Å². The summed E-state index contributed by atoms with van der Waals surface area (Å²) in [4.78, 5) is 1.15. The van der Waals surface area contributed by atoms with E-state index < -0.39 is 0 Å². The lowest BCUT2D eigenvalue weighted by atomic mass is 10.3. The Hall–Kier alpha value is -0.310. The zero-order chi connectivity index (χ0) is 9.52. The lowest BCUT2D eigenvalue weighted by Crippen LogP contribution is -2.12. The van der Waals surface area contributed by atoms with Crippen molar-refractivity contribution in [3.63, 3.8) is 0 Å². The SMILES string of the molecule is CCNCC/C=C/c1sccc1Cl. The normalized spacial score (nSPS) is 11.2. The van der Waals surface area contributed by atoms with Gasteiger partial charge in [-0.1, -0.05) is 24.6 Å². The van der Waals surface area contributed by atoms with E-state index in [2.05, 4.69) is 24.4 Å². The van der Waals surface area contributed by atoms with Gasteiger partial charge in [0.2, 0.25) is 0 Å². The summed E-state index contributed by atoms with van der Waals surface area (Å²) in [6.07, 6.45) is 5.30. The van der Waals surface area contributed by atoms with Gasteiger partial charge < -0.3 is 5.32 Å². The summed E-state index contributed by atoms with van der Waals surface area (Å²) in [7, 11) is 0. The van der Waals surface area contributed by atoms with Crippen LogP contribution in [0.3, 0.4) is 0 Å². The highest BCUT2D eigenvalue weighted by Crippen LogP contribution is 2.23. The topological polar surface area (TPSA) is 12.0 Å². The van der Waals surface area contributed by atoms with E-state index in [9.17, 15) is 0 Å². The molecule has 0 aliphatic carbocycles. The summed E-state index contributed by atoms with van der Waals surface area (Å²) in [6.45, 7) is 4.18. The fourth-order valence-corrected chi connectivity index (χ4v) is 2.02. The maximum atomic E-state index is 5.92. The molecule has 0 fully saturated rings. The van der Waals surface area contributed by atoms with Crippen molar-refractivity contribution in [3.8, 4) is 0 Å². The van der Waals surface area contributed by atoms with Gasteiger partial charge in [0, 0.05) is 4.88 Å². The molecule has 0 saturated carbocycles. The van der Waals surface area contributed by atoms with Gasteiger partial charge in [-0.3, -0.25) is 0 Å². The van der Waals surface area contributed by atoms with Crippen LogP contribution in [0, 0.1) is 0 Å². The lowest BCUT2D eigenvalue weighted by Gasteiger charge is -1.95. The van der Waals surface area contributed by atoms with E-state index >= 15 is 0 Å². The van der Waals surface area contributed by atoms with Crippen molar-refractivity contribution in [2.24, 2.45) is 0 Å². The van der Waals surface area contributed by atoms with Gasteiger partial charge in [-0.25, -0.2) is 0 Å². The van der Waals surface area contributed by atoms with Crippen LogP contribution in [0.15, 0.2) is 17.5 Å². The summed E-state index contributed by atoms with van der Waals surface area (Å²) in [6, 6.07) is 1.93. The molecule has 3 heteroatoms. The molecule has 1 nitrogen and oxygen atoms in total. The molecule has 1 N–H and O–H groups in total. The Morgan fingerprint density at radius 1 is 1.62 bits per heavy atom. The van der Waals surface area contributed by atoms with Crippen LogP contribution >= 0.6 is 22.9 Å². The third kappa shape index (κ3) is 3.94. The van der Waals surface area contributed by atoms with Crippen molar-refractivity contribution in [1.29, 1.82) is 0 Å². The molecule has 0 aromatic carbocycles. The number of halogens is 1. The Morgan fingerprint density at radius 2 is 2.46 bits per heavy atom. The summed E-state index contributed by atoms with van der Waals surface area (Å²) in [5.41, 5.74) is 0. The highest BCUT2D eigenvalue weighted by molar-refractivity contribution is 7.11. The third-order valence-electron chi connectivity index (χ3n) is 1.65. The molecule has 1 aromatic heterocycles. The van der Waals surface area contributed by atoms with Gasteiger partial charge in [0.05, 0.1) is 5.02 Å². The smallest absolute Gasteiger partial charge is 0.0585 e. The number of rotatable bonds is 5. The minimum atomic E-state index is 0.852. The van der Waals surface area contributed by atoms with Gasteiger partial charge in [0.1, 0.15) is 0 Å². The molecule has 0 unspecified atom stereocenters.